The summed E-state index contributed by atoms with van der Waals surface area (Å²) >= 11 is 0. The van der Waals surface area contributed by atoms with Crippen LogP contribution in [0.4, 0.5) is 8.78 Å². The number of nitrogens with one attached hydrogen (secondary N) is 1. The molecule has 0 radical (unpaired) electrons. The molecule has 0 bridgehead atoms. The van der Waals surface area contributed by atoms with Crippen molar-refractivity contribution in [2.75, 3.05) is 0 Å². The van der Waals surface area contributed by atoms with E-state index in [2.05, 4.69) is 27.3 Å². The number of H-pyrrole nitrogens is 1. The maximum atomic E-state index is 13.2. The van der Waals surface area contributed by atoms with Crippen LogP contribution in [-0.2, 0) is 12.8 Å². The van der Waals surface area contributed by atoms with Gasteiger partial charge in [0, 0.05) is 12.5 Å². The van der Waals surface area contributed by atoms with Crippen LogP contribution >= 0.6 is 0 Å². The summed E-state index contributed by atoms with van der Waals surface area (Å²) in [5.74, 6) is -0.177. The van der Waals surface area contributed by atoms with Crippen LogP contribution in [0.5, 0.6) is 0 Å². The van der Waals surface area contributed by atoms with Crippen molar-refractivity contribution in [2.45, 2.75) is 25.3 Å². The standard InChI is InChI=1S/C18H18F2N4/c19-14-8-13(9-15(20)11-14)10-17-22-18(24-23-17)16(21)7-6-12-4-2-1-3-5-12/h1-5,8-9,11,16H,6-7,10,21H2,(H,22,23,24)/t16-/m1/s1. The Bertz CT molecular complexity index is 782. The van der Waals surface area contributed by atoms with Crippen LogP contribution in [0.25, 0.3) is 0 Å². The van der Waals surface area contributed by atoms with E-state index in [0.29, 0.717) is 17.2 Å². The van der Waals surface area contributed by atoms with Crippen LogP contribution in [-0.4, -0.2) is 15.2 Å². The van der Waals surface area contributed by atoms with Gasteiger partial charge in [0.25, 0.3) is 0 Å². The van der Waals surface area contributed by atoms with E-state index in [-0.39, 0.29) is 12.5 Å². The quantitative estimate of drug-likeness (QED) is 0.729. The first kappa shape index (κ1) is 16.3. The summed E-state index contributed by atoms with van der Waals surface area (Å²) in [4.78, 5) is 4.34. The van der Waals surface area contributed by atoms with Crippen molar-refractivity contribution in [1.29, 1.82) is 0 Å². The smallest absolute Gasteiger partial charge is 0.155 e. The van der Waals surface area contributed by atoms with Crippen molar-refractivity contribution in [1.82, 2.24) is 15.2 Å². The van der Waals surface area contributed by atoms with Gasteiger partial charge in [-0.25, -0.2) is 13.8 Å². The minimum atomic E-state index is -0.611. The van der Waals surface area contributed by atoms with E-state index in [4.69, 9.17) is 5.73 Å². The Morgan fingerprint density at radius 2 is 1.71 bits per heavy atom. The largest absolute Gasteiger partial charge is 0.321 e. The lowest BCUT2D eigenvalue weighted by Crippen LogP contribution is -2.13. The maximum absolute atomic E-state index is 13.2. The Hall–Kier alpha value is -2.60. The molecule has 1 aromatic heterocycles. The normalized spacial score (nSPS) is 12.3. The molecule has 2 aromatic carbocycles. The van der Waals surface area contributed by atoms with Gasteiger partial charge in [0.15, 0.2) is 5.82 Å². The summed E-state index contributed by atoms with van der Waals surface area (Å²) in [6.45, 7) is 0. The van der Waals surface area contributed by atoms with Crippen molar-refractivity contribution >= 4 is 0 Å². The summed E-state index contributed by atoms with van der Waals surface area (Å²) in [5, 5.41) is 6.90. The summed E-state index contributed by atoms with van der Waals surface area (Å²) in [5.41, 5.74) is 7.84. The van der Waals surface area contributed by atoms with Crippen molar-refractivity contribution in [3.8, 4) is 0 Å². The molecule has 3 N–H and O–H groups in total. The van der Waals surface area contributed by atoms with Crippen LogP contribution in [0.2, 0.25) is 0 Å². The predicted octanol–water partition coefficient (Wildman–Crippen LogP) is 3.31. The molecule has 24 heavy (non-hydrogen) atoms. The molecule has 0 aliphatic carbocycles. The molecule has 0 saturated heterocycles. The fourth-order valence-corrected chi connectivity index (χ4v) is 2.55. The minimum absolute atomic E-state index is 0.247. The topological polar surface area (TPSA) is 67.6 Å². The molecule has 3 aromatic rings. The highest BCUT2D eigenvalue weighted by Gasteiger charge is 2.13. The number of aromatic amines is 1. The second-order valence-electron chi connectivity index (χ2n) is 5.72. The van der Waals surface area contributed by atoms with Gasteiger partial charge >= 0.3 is 0 Å². The van der Waals surface area contributed by atoms with E-state index in [1.165, 1.54) is 17.7 Å². The molecule has 0 amide bonds. The molecular formula is C18H18F2N4. The highest BCUT2D eigenvalue weighted by atomic mass is 19.1. The molecule has 0 aliphatic heterocycles. The van der Waals surface area contributed by atoms with Gasteiger partial charge in [-0.05, 0) is 36.1 Å². The number of aromatic nitrogens is 3. The zero-order valence-electron chi connectivity index (χ0n) is 13.0. The van der Waals surface area contributed by atoms with E-state index < -0.39 is 11.6 Å². The molecule has 0 aliphatic rings. The third-order valence-corrected chi connectivity index (χ3v) is 3.77. The summed E-state index contributed by atoms with van der Waals surface area (Å²) in [6, 6.07) is 13.2. The van der Waals surface area contributed by atoms with E-state index in [1.807, 2.05) is 18.2 Å². The maximum Gasteiger partial charge on any atom is 0.155 e. The SMILES string of the molecule is N[C@H](CCc1ccccc1)c1nc(Cc2cc(F)cc(F)c2)n[nH]1. The highest BCUT2D eigenvalue weighted by Crippen LogP contribution is 2.15. The van der Waals surface area contributed by atoms with E-state index in [0.717, 1.165) is 18.9 Å². The fourth-order valence-electron chi connectivity index (χ4n) is 2.55. The first-order valence-corrected chi connectivity index (χ1v) is 7.76. The van der Waals surface area contributed by atoms with Gasteiger partial charge in [-0.1, -0.05) is 30.3 Å². The van der Waals surface area contributed by atoms with Crippen molar-refractivity contribution in [3.63, 3.8) is 0 Å². The second kappa shape index (κ2) is 7.31. The van der Waals surface area contributed by atoms with Gasteiger partial charge in [-0.3, -0.25) is 5.10 Å². The lowest BCUT2D eigenvalue weighted by Gasteiger charge is -2.07. The first-order chi connectivity index (χ1) is 11.6. The zero-order chi connectivity index (χ0) is 16.9. The lowest BCUT2D eigenvalue weighted by molar-refractivity contribution is 0.580. The van der Waals surface area contributed by atoms with Crippen LogP contribution in [0.1, 0.15) is 35.2 Å². The van der Waals surface area contributed by atoms with E-state index >= 15 is 0 Å². The number of halogens is 2. The summed E-state index contributed by atoms with van der Waals surface area (Å²) in [7, 11) is 0. The molecule has 6 heteroatoms. The van der Waals surface area contributed by atoms with Gasteiger partial charge in [0.1, 0.15) is 17.5 Å². The Morgan fingerprint density at radius 1 is 1.00 bits per heavy atom. The second-order valence-corrected chi connectivity index (χ2v) is 5.72. The monoisotopic (exact) mass is 328 g/mol. The number of hydrogen-bond acceptors (Lipinski definition) is 3. The van der Waals surface area contributed by atoms with E-state index in [9.17, 15) is 8.78 Å². The Balaban J connectivity index is 1.62. The van der Waals surface area contributed by atoms with Gasteiger partial charge in [-0.2, -0.15) is 5.10 Å². The highest BCUT2D eigenvalue weighted by molar-refractivity contribution is 5.21. The van der Waals surface area contributed by atoms with Crippen LogP contribution in [0.3, 0.4) is 0 Å². The molecule has 1 heterocycles. The first-order valence-electron chi connectivity index (χ1n) is 7.76. The van der Waals surface area contributed by atoms with Gasteiger partial charge in [-0.15, -0.1) is 0 Å². The third kappa shape index (κ3) is 4.23. The molecule has 124 valence electrons. The number of hydrogen-bond donors (Lipinski definition) is 2. The number of aryl methyl sites for hydroxylation is 1. The summed E-state index contributed by atoms with van der Waals surface area (Å²) in [6.07, 6.45) is 1.82. The molecule has 3 rings (SSSR count). The van der Waals surface area contributed by atoms with Gasteiger partial charge in [0.05, 0.1) is 6.04 Å². The van der Waals surface area contributed by atoms with Crippen LogP contribution < -0.4 is 5.73 Å². The lowest BCUT2D eigenvalue weighted by atomic mass is 10.1. The molecule has 4 nitrogen and oxygen atoms in total. The molecule has 0 spiro atoms. The molecule has 0 fully saturated rings. The third-order valence-electron chi connectivity index (χ3n) is 3.77. The van der Waals surface area contributed by atoms with Gasteiger partial charge < -0.3 is 5.73 Å². The molecule has 0 unspecified atom stereocenters. The number of nitrogens with zero attached hydrogens (tertiary/aromatic N) is 2. The van der Waals surface area contributed by atoms with Crippen molar-refractivity contribution in [3.05, 3.63) is 82.9 Å². The Kier molecular flexibility index (Phi) is 4.96. The molecular weight excluding hydrogens is 310 g/mol. The molecule has 1 atom stereocenters. The number of rotatable bonds is 6. The fraction of sp³-hybridized carbons (Fsp3) is 0.222. The average molecular weight is 328 g/mol. The minimum Gasteiger partial charge on any atom is -0.321 e. The molecule has 0 saturated carbocycles. The zero-order valence-corrected chi connectivity index (χ0v) is 13.0. The summed E-state index contributed by atoms with van der Waals surface area (Å²) < 4.78 is 26.4. The van der Waals surface area contributed by atoms with E-state index in [1.54, 1.807) is 0 Å². The Labute approximate surface area is 138 Å². The van der Waals surface area contributed by atoms with Crippen LogP contribution in [0, 0.1) is 11.6 Å². The van der Waals surface area contributed by atoms with Gasteiger partial charge in [0.2, 0.25) is 0 Å². The predicted molar refractivity (Wildman–Crippen MR) is 87.2 cm³/mol. The number of nitrogens with two attached hydrogens (primary N) is 1. The number of benzene rings is 2. The van der Waals surface area contributed by atoms with Crippen molar-refractivity contribution < 1.29 is 8.78 Å². The average Bonchev–Trinajstić information content (AvgIpc) is 3.01. The van der Waals surface area contributed by atoms with Crippen molar-refractivity contribution in [2.24, 2.45) is 5.73 Å². The van der Waals surface area contributed by atoms with Crippen LogP contribution in [0.15, 0.2) is 48.5 Å². The Morgan fingerprint density at radius 3 is 2.42 bits per heavy atom.